The van der Waals surface area contributed by atoms with E-state index in [2.05, 4.69) is 10.1 Å². The first-order chi connectivity index (χ1) is 8.79. The second kappa shape index (κ2) is 3.96. The predicted molar refractivity (Wildman–Crippen MR) is 67.2 cm³/mol. The molecule has 0 unspecified atom stereocenters. The van der Waals surface area contributed by atoms with Gasteiger partial charge in [0.25, 0.3) is 0 Å². The monoisotopic (exact) mass is 240 g/mol. The second-order valence-corrected chi connectivity index (χ2v) is 3.79. The summed E-state index contributed by atoms with van der Waals surface area (Å²) in [5.41, 5.74) is 1.26. The van der Waals surface area contributed by atoms with E-state index in [4.69, 9.17) is 9.62 Å². The molecule has 1 aromatic carbocycles. The number of benzene rings is 1. The molecule has 18 heavy (non-hydrogen) atoms. The molecule has 0 saturated heterocycles. The predicted octanol–water partition coefficient (Wildman–Crippen LogP) is 2.15. The van der Waals surface area contributed by atoms with Crippen molar-refractivity contribution in [2.45, 2.75) is 0 Å². The minimum Gasteiger partial charge on any atom is -0.437 e. The van der Waals surface area contributed by atoms with Crippen molar-refractivity contribution < 1.29 is 9.62 Å². The first-order valence-corrected chi connectivity index (χ1v) is 5.28. The van der Waals surface area contributed by atoms with E-state index >= 15 is 0 Å². The number of aromatic nitrogens is 1. The first kappa shape index (κ1) is 10.5. The van der Waals surface area contributed by atoms with Crippen LogP contribution in [-0.2, 0) is 0 Å². The van der Waals surface area contributed by atoms with Gasteiger partial charge in [-0.3, -0.25) is 4.79 Å². The first-order valence-electron chi connectivity index (χ1n) is 5.28. The summed E-state index contributed by atoms with van der Waals surface area (Å²) in [6.07, 6.45) is 2.83. The molecule has 0 aliphatic rings. The van der Waals surface area contributed by atoms with Gasteiger partial charge in [-0.25, -0.2) is 4.98 Å². The smallest absolute Gasteiger partial charge is 0.230 e. The molecule has 0 aliphatic heterocycles. The fourth-order valence-corrected chi connectivity index (χ4v) is 1.86. The third-order valence-electron chi connectivity index (χ3n) is 2.68. The number of hydrogen-bond donors (Lipinski definition) is 1. The third-order valence-corrected chi connectivity index (χ3v) is 2.68. The number of oxime groups is 1. The number of hydrogen-bond acceptors (Lipinski definition) is 5. The molecule has 88 valence electrons. The van der Waals surface area contributed by atoms with Crippen LogP contribution in [0.4, 0.5) is 0 Å². The van der Waals surface area contributed by atoms with Crippen LogP contribution in [0.15, 0.2) is 50.9 Å². The topological polar surface area (TPSA) is 75.7 Å². The number of rotatable bonds is 1. The fourth-order valence-electron chi connectivity index (χ4n) is 1.86. The average Bonchev–Trinajstić information content (AvgIpc) is 2.40. The van der Waals surface area contributed by atoms with Crippen LogP contribution < -0.4 is 5.43 Å². The van der Waals surface area contributed by atoms with Crippen molar-refractivity contribution in [2.24, 2.45) is 5.16 Å². The minimum atomic E-state index is -0.146. The van der Waals surface area contributed by atoms with Crippen molar-refractivity contribution in [3.05, 3.63) is 52.3 Å². The SMILES string of the molecule is O=c1c2cc(C=NO)ccc2oc2ncccc12. The van der Waals surface area contributed by atoms with Crippen molar-refractivity contribution in [3.8, 4) is 0 Å². The minimum absolute atomic E-state index is 0.146. The van der Waals surface area contributed by atoms with Gasteiger partial charge in [-0.15, -0.1) is 0 Å². The Morgan fingerprint density at radius 3 is 3.00 bits per heavy atom. The Morgan fingerprint density at radius 2 is 2.17 bits per heavy atom. The van der Waals surface area contributed by atoms with Gasteiger partial charge in [0.2, 0.25) is 11.1 Å². The van der Waals surface area contributed by atoms with Gasteiger partial charge in [0.05, 0.1) is 17.0 Å². The largest absolute Gasteiger partial charge is 0.437 e. The van der Waals surface area contributed by atoms with Gasteiger partial charge in [-0.1, -0.05) is 5.16 Å². The van der Waals surface area contributed by atoms with Gasteiger partial charge in [0.1, 0.15) is 5.58 Å². The zero-order chi connectivity index (χ0) is 12.5. The number of nitrogens with zero attached hydrogens (tertiary/aromatic N) is 2. The maximum atomic E-state index is 12.2. The Morgan fingerprint density at radius 1 is 1.28 bits per heavy atom. The number of pyridine rings is 1. The van der Waals surface area contributed by atoms with Gasteiger partial charge < -0.3 is 9.62 Å². The molecule has 2 heterocycles. The summed E-state index contributed by atoms with van der Waals surface area (Å²) in [4.78, 5) is 16.3. The van der Waals surface area contributed by atoms with E-state index in [9.17, 15) is 4.79 Å². The van der Waals surface area contributed by atoms with Crippen LogP contribution in [0.3, 0.4) is 0 Å². The van der Waals surface area contributed by atoms with Crippen LogP contribution >= 0.6 is 0 Å². The average molecular weight is 240 g/mol. The normalized spacial score (nSPS) is 11.6. The molecule has 0 amide bonds. The van der Waals surface area contributed by atoms with E-state index in [1.807, 2.05) is 0 Å². The molecule has 0 atom stereocenters. The Hall–Kier alpha value is -2.69. The van der Waals surface area contributed by atoms with Gasteiger partial charge in [0, 0.05) is 6.20 Å². The number of fused-ring (bicyclic) bond motifs is 2. The van der Waals surface area contributed by atoms with Gasteiger partial charge in [0.15, 0.2) is 0 Å². The molecule has 0 aliphatic carbocycles. The molecule has 3 rings (SSSR count). The van der Waals surface area contributed by atoms with Gasteiger partial charge >= 0.3 is 0 Å². The summed E-state index contributed by atoms with van der Waals surface area (Å²) in [7, 11) is 0. The van der Waals surface area contributed by atoms with E-state index < -0.39 is 0 Å². The molecule has 3 aromatic rings. The quantitative estimate of drug-likeness (QED) is 0.306. The molecule has 0 saturated carbocycles. The molecule has 0 radical (unpaired) electrons. The molecular weight excluding hydrogens is 232 g/mol. The Bertz CT molecular complexity index is 821. The Kier molecular flexibility index (Phi) is 2.30. The van der Waals surface area contributed by atoms with E-state index in [1.54, 1.807) is 36.5 Å². The van der Waals surface area contributed by atoms with Crippen LogP contribution in [0.25, 0.3) is 22.1 Å². The molecule has 0 bridgehead atoms. The summed E-state index contributed by atoms with van der Waals surface area (Å²) in [5, 5.41) is 12.3. The lowest BCUT2D eigenvalue weighted by Gasteiger charge is -2.00. The van der Waals surface area contributed by atoms with Crippen LogP contribution in [0.1, 0.15) is 5.56 Å². The van der Waals surface area contributed by atoms with E-state index in [0.717, 1.165) is 0 Å². The lowest BCUT2D eigenvalue weighted by atomic mass is 10.1. The molecule has 0 fully saturated rings. The maximum Gasteiger partial charge on any atom is 0.230 e. The standard InChI is InChI=1S/C13H8N2O3/c16-12-9-2-1-5-14-13(9)18-11-4-3-8(7-15-17)6-10(11)12/h1-7,17H. The second-order valence-electron chi connectivity index (χ2n) is 3.79. The van der Waals surface area contributed by atoms with E-state index in [1.165, 1.54) is 6.21 Å². The van der Waals surface area contributed by atoms with E-state index in [-0.39, 0.29) is 5.43 Å². The summed E-state index contributed by atoms with van der Waals surface area (Å²) in [6.45, 7) is 0. The summed E-state index contributed by atoms with van der Waals surface area (Å²) in [6, 6.07) is 8.32. The van der Waals surface area contributed by atoms with Crippen molar-refractivity contribution in [2.75, 3.05) is 0 Å². The van der Waals surface area contributed by atoms with Crippen molar-refractivity contribution in [3.63, 3.8) is 0 Å². The molecule has 1 N–H and O–H groups in total. The summed E-state index contributed by atoms with van der Waals surface area (Å²) in [5.74, 6) is 0. The molecule has 5 nitrogen and oxygen atoms in total. The van der Waals surface area contributed by atoms with Crippen molar-refractivity contribution in [1.29, 1.82) is 0 Å². The van der Waals surface area contributed by atoms with Gasteiger partial charge in [-0.2, -0.15) is 0 Å². The van der Waals surface area contributed by atoms with Crippen LogP contribution in [-0.4, -0.2) is 16.4 Å². The highest BCUT2D eigenvalue weighted by Crippen LogP contribution is 2.17. The zero-order valence-electron chi connectivity index (χ0n) is 9.20. The van der Waals surface area contributed by atoms with Crippen LogP contribution in [0.5, 0.6) is 0 Å². The van der Waals surface area contributed by atoms with Gasteiger partial charge in [-0.05, 0) is 35.9 Å². The summed E-state index contributed by atoms with van der Waals surface area (Å²) >= 11 is 0. The van der Waals surface area contributed by atoms with Crippen LogP contribution in [0, 0.1) is 0 Å². The third kappa shape index (κ3) is 1.53. The molecule has 5 heteroatoms. The van der Waals surface area contributed by atoms with Crippen molar-refractivity contribution in [1.82, 2.24) is 4.98 Å². The van der Waals surface area contributed by atoms with Crippen molar-refractivity contribution >= 4 is 28.3 Å². The Labute approximate surface area is 101 Å². The molecular formula is C13H8N2O3. The zero-order valence-corrected chi connectivity index (χ0v) is 9.20. The Balaban J connectivity index is 2.45. The lowest BCUT2D eigenvalue weighted by Crippen LogP contribution is -2.03. The van der Waals surface area contributed by atoms with Crippen LogP contribution in [0.2, 0.25) is 0 Å². The van der Waals surface area contributed by atoms with E-state index in [0.29, 0.717) is 27.6 Å². The highest BCUT2D eigenvalue weighted by molar-refractivity contribution is 5.92. The lowest BCUT2D eigenvalue weighted by molar-refractivity contribution is 0.322. The fraction of sp³-hybridized carbons (Fsp3) is 0. The molecule has 0 spiro atoms. The molecule has 2 aromatic heterocycles. The highest BCUT2D eigenvalue weighted by Gasteiger charge is 2.08. The maximum absolute atomic E-state index is 12.2. The summed E-state index contributed by atoms with van der Waals surface area (Å²) < 4.78 is 5.54. The highest BCUT2D eigenvalue weighted by atomic mass is 16.4.